The molecule has 0 aromatic heterocycles. The number of non-ortho nitro benzene ring substituents is 1. The molecule has 0 aliphatic rings. The molecule has 0 atom stereocenters. The van der Waals surface area contributed by atoms with E-state index in [9.17, 15) is 14.9 Å². The number of anilines is 1. The van der Waals surface area contributed by atoms with Gasteiger partial charge < -0.3 is 10.6 Å². The Hall–Kier alpha value is -2.89. The molecule has 0 saturated heterocycles. The van der Waals surface area contributed by atoms with Crippen LogP contribution in [0.1, 0.15) is 22.8 Å². The average Bonchev–Trinajstić information content (AvgIpc) is 2.59. The highest BCUT2D eigenvalue weighted by molar-refractivity contribution is 5.94. The van der Waals surface area contributed by atoms with Gasteiger partial charge in [-0.25, -0.2) is 0 Å². The summed E-state index contributed by atoms with van der Waals surface area (Å²) in [6.07, 6.45) is 0.945. The van der Waals surface area contributed by atoms with Gasteiger partial charge in [-0.2, -0.15) is 0 Å². The molecule has 0 unspecified atom stereocenters. The van der Waals surface area contributed by atoms with E-state index in [2.05, 4.69) is 17.6 Å². The van der Waals surface area contributed by atoms with Crippen LogP contribution in [-0.4, -0.2) is 23.9 Å². The fourth-order valence-electron chi connectivity index (χ4n) is 2.08. The average molecular weight is 313 g/mol. The molecule has 0 aliphatic heterocycles. The molecular formula is C17H19N3O3. The number of amides is 1. The number of rotatable bonds is 7. The second-order valence-electron chi connectivity index (χ2n) is 5.04. The van der Waals surface area contributed by atoms with Gasteiger partial charge >= 0.3 is 0 Å². The summed E-state index contributed by atoms with van der Waals surface area (Å²) in [6.45, 7) is 3.07. The van der Waals surface area contributed by atoms with Gasteiger partial charge in [0.15, 0.2) is 0 Å². The van der Waals surface area contributed by atoms with Gasteiger partial charge in [-0.3, -0.25) is 14.9 Å². The lowest BCUT2D eigenvalue weighted by molar-refractivity contribution is -0.384. The molecule has 0 saturated carbocycles. The van der Waals surface area contributed by atoms with Crippen LogP contribution < -0.4 is 10.6 Å². The highest BCUT2D eigenvalue weighted by Crippen LogP contribution is 2.14. The Balaban J connectivity index is 1.75. The number of nitro benzene ring substituents is 1. The lowest BCUT2D eigenvalue weighted by atomic mass is 10.1. The van der Waals surface area contributed by atoms with Crippen LogP contribution in [0.4, 0.5) is 11.4 Å². The summed E-state index contributed by atoms with van der Waals surface area (Å²) in [7, 11) is 0. The zero-order valence-electron chi connectivity index (χ0n) is 12.9. The van der Waals surface area contributed by atoms with Crippen LogP contribution in [-0.2, 0) is 6.42 Å². The molecule has 1 amide bonds. The Morgan fingerprint density at radius 2 is 1.70 bits per heavy atom. The molecule has 2 aromatic rings. The van der Waals surface area contributed by atoms with Gasteiger partial charge in [0.2, 0.25) is 0 Å². The number of aryl methyl sites for hydroxylation is 1. The second-order valence-corrected chi connectivity index (χ2v) is 5.04. The number of nitrogens with zero attached hydrogens (tertiary/aromatic N) is 1. The molecule has 2 aromatic carbocycles. The molecule has 2 N–H and O–H groups in total. The van der Waals surface area contributed by atoms with Gasteiger partial charge in [0.25, 0.3) is 11.6 Å². The molecule has 23 heavy (non-hydrogen) atoms. The van der Waals surface area contributed by atoms with Gasteiger partial charge in [0, 0.05) is 36.5 Å². The van der Waals surface area contributed by atoms with Crippen molar-refractivity contribution in [3.63, 3.8) is 0 Å². The first-order valence-electron chi connectivity index (χ1n) is 7.45. The van der Waals surface area contributed by atoms with Gasteiger partial charge in [-0.05, 0) is 36.2 Å². The molecule has 120 valence electrons. The van der Waals surface area contributed by atoms with Crippen molar-refractivity contribution in [3.8, 4) is 0 Å². The first kappa shape index (κ1) is 16.5. The summed E-state index contributed by atoms with van der Waals surface area (Å²) in [5, 5.41) is 16.5. The van der Waals surface area contributed by atoms with Crippen LogP contribution in [0.3, 0.4) is 0 Å². The van der Waals surface area contributed by atoms with E-state index >= 15 is 0 Å². The Bertz CT molecular complexity index is 666. The number of carbonyl (C=O) groups is 1. The zero-order chi connectivity index (χ0) is 16.7. The van der Waals surface area contributed by atoms with Crippen LogP contribution in [0, 0.1) is 10.1 Å². The number of nitro groups is 1. The van der Waals surface area contributed by atoms with Crippen LogP contribution in [0.15, 0.2) is 48.5 Å². The second kappa shape index (κ2) is 7.93. The summed E-state index contributed by atoms with van der Waals surface area (Å²) in [5.74, 6) is -0.113. The summed E-state index contributed by atoms with van der Waals surface area (Å²) in [5.41, 5.74) is 2.66. The van der Waals surface area contributed by atoms with E-state index in [4.69, 9.17) is 0 Å². The normalized spacial score (nSPS) is 10.1. The third kappa shape index (κ3) is 4.81. The van der Waals surface area contributed by atoms with Crippen molar-refractivity contribution in [1.82, 2.24) is 5.32 Å². The Morgan fingerprint density at radius 3 is 2.26 bits per heavy atom. The molecule has 0 heterocycles. The predicted molar refractivity (Wildman–Crippen MR) is 89.7 cm³/mol. The van der Waals surface area contributed by atoms with Crippen molar-refractivity contribution in [2.45, 2.75) is 13.3 Å². The minimum atomic E-state index is -0.437. The minimum absolute atomic E-state index is 0.0550. The molecule has 6 heteroatoms. The first-order chi connectivity index (χ1) is 11.1. The largest absolute Gasteiger partial charge is 0.383 e. The van der Waals surface area contributed by atoms with Crippen molar-refractivity contribution in [2.75, 3.05) is 18.4 Å². The standard InChI is InChI=1S/C17H19N3O3/c1-2-13-3-5-14(6-4-13)17(21)19-12-11-18-15-7-9-16(10-8-15)20(22)23/h3-10,18H,2,11-12H2,1H3,(H,19,21). The summed E-state index contributed by atoms with van der Waals surface area (Å²) in [4.78, 5) is 22.1. The van der Waals surface area contributed by atoms with E-state index in [1.807, 2.05) is 24.3 Å². The Labute approximate surface area is 134 Å². The van der Waals surface area contributed by atoms with E-state index < -0.39 is 4.92 Å². The first-order valence-corrected chi connectivity index (χ1v) is 7.45. The highest BCUT2D eigenvalue weighted by atomic mass is 16.6. The Kier molecular flexibility index (Phi) is 5.68. The lowest BCUT2D eigenvalue weighted by Gasteiger charge is -2.08. The summed E-state index contributed by atoms with van der Waals surface area (Å²) >= 11 is 0. The zero-order valence-corrected chi connectivity index (χ0v) is 12.9. The van der Waals surface area contributed by atoms with Crippen molar-refractivity contribution in [1.29, 1.82) is 0 Å². The van der Waals surface area contributed by atoms with Crippen molar-refractivity contribution in [2.24, 2.45) is 0 Å². The number of carbonyl (C=O) groups excluding carboxylic acids is 1. The topological polar surface area (TPSA) is 84.3 Å². The van der Waals surface area contributed by atoms with Crippen LogP contribution in [0.5, 0.6) is 0 Å². The number of benzene rings is 2. The van der Waals surface area contributed by atoms with Crippen molar-refractivity contribution < 1.29 is 9.72 Å². The SMILES string of the molecule is CCc1ccc(C(=O)NCCNc2ccc([N+](=O)[O-])cc2)cc1. The maximum Gasteiger partial charge on any atom is 0.269 e. The van der Waals surface area contributed by atoms with E-state index in [0.29, 0.717) is 18.7 Å². The van der Waals surface area contributed by atoms with Gasteiger partial charge in [-0.1, -0.05) is 19.1 Å². The monoisotopic (exact) mass is 313 g/mol. The van der Waals surface area contributed by atoms with Gasteiger partial charge in [-0.15, -0.1) is 0 Å². The van der Waals surface area contributed by atoms with Crippen LogP contribution in [0.25, 0.3) is 0 Å². The van der Waals surface area contributed by atoms with Gasteiger partial charge in [0.1, 0.15) is 0 Å². The van der Waals surface area contributed by atoms with E-state index in [1.165, 1.54) is 17.7 Å². The molecule has 0 fully saturated rings. The quantitative estimate of drug-likeness (QED) is 0.467. The van der Waals surface area contributed by atoms with Crippen molar-refractivity contribution in [3.05, 3.63) is 69.8 Å². The maximum atomic E-state index is 12.0. The molecule has 0 aliphatic carbocycles. The number of hydrogen-bond donors (Lipinski definition) is 2. The minimum Gasteiger partial charge on any atom is -0.383 e. The van der Waals surface area contributed by atoms with E-state index in [-0.39, 0.29) is 11.6 Å². The molecule has 6 nitrogen and oxygen atoms in total. The molecule has 0 radical (unpaired) electrons. The fourth-order valence-corrected chi connectivity index (χ4v) is 2.08. The predicted octanol–water partition coefficient (Wildman–Crippen LogP) is 3.00. The number of nitrogens with one attached hydrogen (secondary N) is 2. The lowest BCUT2D eigenvalue weighted by Crippen LogP contribution is -2.28. The Morgan fingerprint density at radius 1 is 1.04 bits per heavy atom. The third-order valence-electron chi connectivity index (χ3n) is 3.44. The number of hydrogen-bond acceptors (Lipinski definition) is 4. The smallest absolute Gasteiger partial charge is 0.269 e. The fraction of sp³-hybridized carbons (Fsp3) is 0.235. The van der Waals surface area contributed by atoms with Crippen LogP contribution >= 0.6 is 0 Å². The highest BCUT2D eigenvalue weighted by Gasteiger charge is 2.05. The van der Waals surface area contributed by atoms with Crippen molar-refractivity contribution >= 4 is 17.3 Å². The van der Waals surface area contributed by atoms with E-state index in [1.54, 1.807) is 12.1 Å². The molecule has 0 bridgehead atoms. The molecule has 2 rings (SSSR count). The molecular weight excluding hydrogens is 294 g/mol. The van der Waals surface area contributed by atoms with Crippen LogP contribution in [0.2, 0.25) is 0 Å². The maximum absolute atomic E-state index is 12.0. The molecule has 0 spiro atoms. The third-order valence-corrected chi connectivity index (χ3v) is 3.44. The summed E-state index contributed by atoms with van der Waals surface area (Å²) < 4.78 is 0. The summed E-state index contributed by atoms with van der Waals surface area (Å²) in [6, 6.07) is 13.7. The van der Waals surface area contributed by atoms with Gasteiger partial charge in [0.05, 0.1) is 4.92 Å². The van der Waals surface area contributed by atoms with E-state index in [0.717, 1.165) is 12.1 Å².